The molecule has 6 heteroatoms. The molecule has 1 atom stereocenters. The maximum absolute atomic E-state index is 11.8. The molecule has 1 aliphatic heterocycles. The predicted molar refractivity (Wildman–Crippen MR) is 70.2 cm³/mol. The molecule has 1 fully saturated rings. The Kier molecular flexibility index (Phi) is 4.66. The van der Waals surface area contributed by atoms with Crippen LogP contribution in [0.5, 0.6) is 0 Å². The highest BCUT2D eigenvalue weighted by atomic mass is 79.9. The Morgan fingerprint density at radius 1 is 1.61 bits per heavy atom. The van der Waals surface area contributed by atoms with Crippen LogP contribution in [-0.2, 0) is 11.3 Å². The summed E-state index contributed by atoms with van der Waals surface area (Å²) in [7, 11) is 1.74. The maximum Gasteiger partial charge on any atom is 0.317 e. The van der Waals surface area contributed by atoms with Crippen LogP contribution in [0.4, 0.5) is 4.79 Å². The first-order valence-corrected chi connectivity index (χ1v) is 6.79. The number of halogens is 1. The van der Waals surface area contributed by atoms with Gasteiger partial charge in [0, 0.05) is 20.2 Å². The third-order valence-electron chi connectivity index (χ3n) is 2.87. The molecule has 0 aromatic carbocycles. The van der Waals surface area contributed by atoms with Gasteiger partial charge in [0.05, 0.1) is 12.6 Å². The summed E-state index contributed by atoms with van der Waals surface area (Å²) in [5.41, 5.74) is 0. The molecule has 1 N–H and O–H groups in total. The van der Waals surface area contributed by atoms with E-state index < -0.39 is 0 Å². The predicted octanol–water partition coefficient (Wildman–Crippen LogP) is 2.36. The van der Waals surface area contributed by atoms with Gasteiger partial charge in [-0.3, -0.25) is 0 Å². The van der Waals surface area contributed by atoms with Crippen LogP contribution in [0.2, 0.25) is 0 Å². The summed E-state index contributed by atoms with van der Waals surface area (Å²) in [6.07, 6.45) is 2.27. The van der Waals surface area contributed by atoms with Gasteiger partial charge in [0.2, 0.25) is 0 Å². The molecule has 1 aliphatic rings. The number of amides is 2. The number of carbonyl (C=O) groups is 1. The van der Waals surface area contributed by atoms with E-state index in [1.165, 1.54) is 0 Å². The molecule has 0 bridgehead atoms. The minimum atomic E-state index is -0.113. The number of urea groups is 1. The molecular weight excluding hydrogens is 300 g/mol. The largest absolute Gasteiger partial charge is 0.452 e. The molecule has 0 unspecified atom stereocenters. The van der Waals surface area contributed by atoms with E-state index in [1.807, 2.05) is 12.1 Å². The molecule has 0 radical (unpaired) electrons. The second-order valence-corrected chi connectivity index (χ2v) is 5.16. The topological polar surface area (TPSA) is 54.7 Å². The number of hydrogen-bond donors (Lipinski definition) is 1. The summed E-state index contributed by atoms with van der Waals surface area (Å²) < 4.78 is 11.5. The van der Waals surface area contributed by atoms with Gasteiger partial charge < -0.3 is 19.4 Å². The summed E-state index contributed by atoms with van der Waals surface area (Å²) in [6, 6.07) is 3.54. The first-order valence-electron chi connectivity index (χ1n) is 6.00. The molecule has 100 valence electrons. The maximum atomic E-state index is 11.8. The summed E-state index contributed by atoms with van der Waals surface area (Å²) >= 11 is 3.23. The molecule has 2 amide bonds. The van der Waals surface area contributed by atoms with Gasteiger partial charge in [-0.2, -0.15) is 0 Å². The zero-order valence-electron chi connectivity index (χ0n) is 10.3. The van der Waals surface area contributed by atoms with Crippen LogP contribution in [0.15, 0.2) is 21.2 Å². The Hall–Kier alpha value is -1.01. The Morgan fingerprint density at radius 3 is 3.06 bits per heavy atom. The van der Waals surface area contributed by atoms with E-state index in [0.29, 0.717) is 17.8 Å². The Morgan fingerprint density at radius 2 is 2.44 bits per heavy atom. The summed E-state index contributed by atoms with van der Waals surface area (Å²) in [4.78, 5) is 13.4. The van der Waals surface area contributed by atoms with Crippen molar-refractivity contribution in [3.05, 3.63) is 22.6 Å². The monoisotopic (exact) mass is 316 g/mol. The quantitative estimate of drug-likeness (QED) is 0.927. The second kappa shape index (κ2) is 6.24. The highest BCUT2D eigenvalue weighted by molar-refractivity contribution is 9.10. The van der Waals surface area contributed by atoms with Crippen LogP contribution < -0.4 is 5.32 Å². The van der Waals surface area contributed by atoms with Gasteiger partial charge in [-0.05, 0) is 40.9 Å². The Labute approximate surface area is 115 Å². The van der Waals surface area contributed by atoms with Gasteiger partial charge in [-0.25, -0.2) is 4.79 Å². The van der Waals surface area contributed by atoms with Gasteiger partial charge in [-0.15, -0.1) is 0 Å². The zero-order chi connectivity index (χ0) is 13.0. The first kappa shape index (κ1) is 13.4. The average molecular weight is 317 g/mol. The lowest BCUT2D eigenvalue weighted by atomic mass is 10.2. The fourth-order valence-electron chi connectivity index (χ4n) is 1.88. The van der Waals surface area contributed by atoms with Gasteiger partial charge in [0.15, 0.2) is 4.67 Å². The van der Waals surface area contributed by atoms with E-state index in [1.54, 1.807) is 11.9 Å². The molecule has 1 saturated heterocycles. The smallest absolute Gasteiger partial charge is 0.317 e. The summed E-state index contributed by atoms with van der Waals surface area (Å²) in [5, 5.41) is 2.86. The van der Waals surface area contributed by atoms with Crippen LogP contribution in [0.25, 0.3) is 0 Å². The number of rotatable bonds is 4. The van der Waals surface area contributed by atoms with Crippen LogP contribution in [0, 0.1) is 0 Å². The van der Waals surface area contributed by atoms with E-state index in [0.717, 1.165) is 25.2 Å². The van der Waals surface area contributed by atoms with Crippen molar-refractivity contribution in [2.24, 2.45) is 0 Å². The third kappa shape index (κ3) is 3.74. The molecule has 18 heavy (non-hydrogen) atoms. The standard InChI is InChI=1S/C12H17BrN2O3/c1-15(8-10-4-5-11(13)18-10)12(16)14-7-9-3-2-6-17-9/h4-5,9H,2-3,6-8H2,1H3,(H,14,16)/t9-/m1/s1. The number of hydrogen-bond acceptors (Lipinski definition) is 3. The molecule has 0 aliphatic carbocycles. The minimum Gasteiger partial charge on any atom is -0.452 e. The number of nitrogens with one attached hydrogen (secondary N) is 1. The summed E-state index contributed by atoms with van der Waals surface area (Å²) in [5.74, 6) is 0.747. The van der Waals surface area contributed by atoms with E-state index in [-0.39, 0.29) is 12.1 Å². The van der Waals surface area contributed by atoms with Crippen molar-refractivity contribution in [3.63, 3.8) is 0 Å². The number of furan rings is 1. The molecule has 2 rings (SSSR count). The van der Waals surface area contributed by atoms with Gasteiger partial charge >= 0.3 is 6.03 Å². The van der Waals surface area contributed by atoms with Crippen molar-refractivity contribution in [1.82, 2.24) is 10.2 Å². The lowest BCUT2D eigenvalue weighted by Gasteiger charge is -2.18. The van der Waals surface area contributed by atoms with Gasteiger partial charge in [0.25, 0.3) is 0 Å². The van der Waals surface area contributed by atoms with Crippen LogP contribution >= 0.6 is 15.9 Å². The van der Waals surface area contributed by atoms with Crippen molar-refractivity contribution in [3.8, 4) is 0 Å². The summed E-state index contributed by atoms with van der Waals surface area (Å²) in [6.45, 7) is 1.82. The SMILES string of the molecule is CN(Cc1ccc(Br)o1)C(=O)NC[C@H]1CCCO1. The third-order valence-corrected chi connectivity index (χ3v) is 3.30. The molecule has 1 aromatic rings. The fraction of sp³-hybridized carbons (Fsp3) is 0.583. The van der Waals surface area contributed by atoms with Crippen molar-refractivity contribution in [2.75, 3.05) is 20.2 Å². The van der Waals surface area contributed by atoms with Crippen LogP contribution in [0.1, 0.15) is 18.6 Å². The molecule has 1 aromatic heterocycles. The van der Waals surface area contributed by atoms with Crippen LogP contribution in [0.3, 0.4) is 0 Å². The molecule has 0 spiro atoms. The van der Waals surface area contributed by atoms with Crippen molar-refractivity contribution >= 4 is 22.0 Å². The highest BCUT2D eigenvalue weighted by Crippen LogP contribution is 2.15. The molecule has 0 saturated carbocycles. The van der Waals surface area contributed by atoms with Crippen molar-refractivity contribution < 1.29 is 13.9 Å². The van der Waals surface area contributed by atoms with Crippen LogP contribution in [-0.4, -0.2) is 37.2 Å². The Balaban J connectivity index is 1.74. The first-order chi connectivity index (χ1) is 8.65. The Bertz CT molecular complexity index is 402. The fourth-order valence-corrected chi connectivity index (χ4v) is 2.22. The molecule has 5 nitrogen and oxygen atoms in total. The molecular formula is C12H17BrN2O3. The number of nitrogens with zero attached hydrogens (tertiary/aromatic N) is 1. The van der Waals surface area contributed by atoms with E-state index in [4.69, 9.17) is 9.15 Å². The van der Waals surface area contributed by atoms with Gasteiger partial charge in [0.1, 0.15) is 5.76 Å². The van der Waals surface area contributed by atoms with E-state index in [9.17, 15) is 4.79 Å². The van der Waals surface area contributed by atoms with Crippen molar-refractivity contribution in [1.29, 1.82) is 0 Å². The van der Waals surface area contributed by atoms with Crippen molar-refractivity contribution in [2.45, 2.75) is 25.5 Å². The normalized spacial score (nSPS) is 18.9. The lowest BCUT2D eigenvalue weighted by Crippen LogP contribution is -2.40. The minimum absolute atomic E-state index is 0.113. The zero-order valence-corrected chi connectivity index (χ0v) is 11.9. The second-order valence-electron chi connectivity index (χ2n) is 4.38. The highest BCUT2D eigenvalue weighted by Gasteiger charge is 2.17. The number of carbonyl (C=O) groups excluding carboxylic acids is 1. The van der Waals surface area contributed by atoms with E-state index >= 15 is 0 Å². The average Bonchev–Trinajstić information content (AvgIpc) is 2.97. The molecule has 2 heterocycles. The van der Waals surface area contributed by atoms with Gasteiger partial charge in [-0.1, -0.05) is 0 Å². The lowest BCUT2D eigenvalue weighted by molar-refractivity contribution is 0.109. The number of ether oxygens (including phenoxy) is 1. The van der Waals surface area contributed by atoms with E-state index in [2.05, 4.69) is 21.2 Å².